The van der Waals surface area contributed by atoms with Crippen molar-refractivity contribution in [2.45, 2.75) is 0 Å². The Morgan fingerprint density at radius 3 is 1.05 bits per heavy atom. The molecule has 0 radical (unpaired) electrons. The Bertz CT molecular complexity index is 5090. The van der Waals surface area contributed by atoms with E-state index in [4.69, 9.17) is 21.1 Å². The number of rotatable bonds is 7. The van der Waals surface area contributed by atoms with Crippen molar-refractivity contribution < 1.29 is 71.4 Å². The van der Waals surface area contributed by atoms with Gasteiger partial charge in [0.2, 0.25) is 0 Å². The van der Waals surface area contributed by atoms with E-state index in [0.717, 1.165) is 93.6 Å². The van der Waals surface area contributed by atoms with Crippen LogP contribution in [0.5, 0.6) is 23.0 Å². The van der Waals surface area contributed by atoms with Crippen molar-refractivity contribution in [3.05, 3.63) is 369 Å². The molecule has 0 spiro atoms. The van der Waals surface area contributed by atoms with Gasteiger partial charge in [0.15, 0.2) is 53.4 Å². The van der Waals surface area contributed by atoms with E-state index in [9.17, 15) is 0 Å². The Hall–Kier alpha value is -8.90. The van der Waals surface area contributed by atoms with Crippen LogP contribution in [0, 0.1) is 0 Å². The summed E-state index contributed by atoms with van der Waals surface area (Å²) in [5.74, 6) is 3.37. The van der Waals surface area contributed by atoms with Gasteiger partial charge < -0.3 is 30.2 Å². The van der Waals surface area contributed by atoms with Crippen molar-refractivity contribution in [3.8, 4) is 23.0 Å². The zero-order chi connectivity index (χ0) is 64.0. The molecule has 18 rings (SSSR count). The van der Waals surface area contributed by atoms with E-state index in [0.29, 0.717) is 5.02 Å². The minimum absolute atomic E-state index is 0. The molecule has 0 amide bonds. The molecule has 458 valence electrons. The first-order chi connectivity index (χ1) is 46.8. The fraction of sp³-hybridized carbons (Fsp3) is 0. The van der Waals surface area contributed by atoms with E-state index in [1.54, 1.807) is 0 Å². The van der Waals surface area contributed by atoms with Gasteiger partial charge in [-0.15, -0.1) is 0 Å². The summed E-state index contributed by atoms with van der Waals surface area (Å²) < 4.78 is 43.5. The molecule has 0 aromatic heterocycles. The Morgan fingerprint density at radius 2 is 0.625 bits per heavy atom. The molecule has 2 atom stereocenters. The van der Waals surface area contributed by atoms with Crippen molar-refractivity contribution in [3.63, 3.8) is 0 Å². The molecule has 12 heteroatoms. The SMILES string of the molecule is O=P1(c2ccccc2)c2ccccc2[Si](c2ccccc2)(c2ccccc2)c2cc(Cl)ccc21.O=P1(c2ccccc2)c2ccccc2[Si](c2ccccc2)(c2ccccc2)c2cc(N3c4ccccc4Oc4ccccc43)ccc21.[H-].[K+].c1ccc2c(c1)Nc1ccccc1O2. The second-order valence-corrected chi connectivity index (χ2v) is 37.1. The molecule has 0 fully saturated rings. The van der Waals surface area contributed by atoms with Gasteiger partial charge in [-0.2, -0.15) is 0 Å². The van der Waals surface area contributed by atoms with Crippen LogP contribution in [-0.2, 0) is 9.13 Å². The van der Waals surface area contributed by atoms with Gasteiger partial charge in [-0.3, -0.25) is 0 Å². The van der Waals surface area contributed by atoms with Crippen LogP contribution in [0.4, 0.5) is 28.4 Å². The van der Waals surface area contributed by atoms with Crippen LogP contribution < -0.4 is 144 Å². The fourth-order valence-corrected chi connectivity index (χ4v) is 34.3. The predicted molar refractivity (Wildman–Crippen MR) is 403 cm³/mol. The zero-order valence-electron chi connectivity index (χ0n) is 53.5. The third-order valence-corrected chi connectivity index (χ3v) is 35.9. The summed E-state index contributed by atoms with van der Waals surface area (Å²) in [6.45, 7) is 0. The maximum Gasteiger partial charge on any atom is 1.00 e. The van der Waals surface area contributed by atoms with Crippen molar-refractivity contribution in [2.75, 3.05) is 10.2 Å². The van der Waals surface area contributed by atoms with E-state index in [1.807, 2.05) is 170 Å². The fourth-order valence-electron chi connectivity index (χ4n) is 14.7. The Labute approximate surface area is 611 Å². The van der Waals surface area contributed by atoms with Crippen LogP contribution in [0.3, 0.4) is 0 Å². The molecule has 6 nitrogen and oxygen atoms in total. The first-order valence-electron chi connectivity index (χ1n) is 31.8. The molecular formula is C84H62ClKN2O4P2Si2. The summed E-state index contributed by atoms with van der Waals surface area (Å²) in [5, 5.41) is 19.1. The Balaban J connectivity index is 0.000000140. The number of ether oxygens (including phenoxy) is 2. The number of anilines is 5. The van der Waals surface area contributed by atoms with Gasteiger partial charge in [-0.25, -0.2) is 0 Å². The quantitative estimate of drug-likeness (QED) is 0.127. The largest absolute Gasteiger partial charge is 1.00 e. The van der Waals surface area contributed by atoms with Crippen LogP contribution >= 0.6 is 25.9 Å². The van der Waals surface area contributed by atoms with Gasteiger partial charge in [0.05, 0.1) is 22.7 Å². The molecule has 0 saturated heterocycles. The summed E-state index contributed by atoms with van der Waals surface area (Å²) in [5.41, 5.74) is 4.99. The third kappa shape index (κ3) is 10.5. The maximum atomic E-state index is 16.1. The van der Waals surface area contributed by atoms with Crippen LogP contribution in [0.2, 0.25) is 5.02 Å². The van der Waals surface area contributed by atoms with E-state index in [1.165, 1.54) is 31.1 Å². The smallest absolute Gasteiger partial charge is 1.00 e. The van der Waals surface area contributed by atoms with E-state index in [-0.39, 0.29) is 52.8 Å². The molecule has 0 bridgehead atoms. The van der Waals surface area contributed by atoms with Crippen LogP contribution in [0.25, 0.3) is 0 Å². The number of fused-ring (bicyclic) bond motifs is 8. The topological polar surface area (TPSA) is 67.9 Å². The number of benzene rings is 14. The van der Waals surface area contributed by atoms with Gasteiger partial charge in [0, 0.05) is 42.5 Å². The maximum absolute atomic E-state index is 16.1. The molecule has 0 aliphatic carbocycles. The molecule has 14 aromatic rings. The summed E-state index contributed by atoms with van der Waals surface area (Å²) >= 11 is 6.68. The van der Waals surface area contributed by atoms with Crippen molar-refractivity contribution in [1.82, 2.24) is 0 Å². The van der Waals surface area contributed by atoms with Crippen molar-refractivity contribution >= 4 is 144 Å². The number of para-hydroxylation sites is 8. The van der Waals surface area contributed by atoms with Gasteiger partial charge in [-0.1, -0.05) is 291 Å². The van der Waals surface area contributed by atoms with Crippen molar-refractivity contribution in [1.29, 1.82) is 0 Å². The third-order valence-electron chi connectivity index (χ3n) is 18.7. The van der Waals surface area contributed by atoms with E-state index in [2.05, 4.69) is 204 Å². The number of halogens is 1. The molecule has 2 unspecified atom stereocenters. The number of hydrogen-bond donors (Lipinski definition) is 1. The summed E-state index contributed by atoms with van der Waals surface area (Å²) in [6, 6.07) is 125. The Morgan fingerprint density at radius 1 is 0.312 bits per heavy atom. The first kappa shape index (κ1) is 63.2. The van der Waals surface area contributed by atoms with Crippen LogP contribution in [0.1, 0.15) is 1.43 Å². The second kappa shape index (κ2) is 26.6. The van der Waals surface area contributed by atoms with E-state index < -0.39 is 30.4 Å². The molecule has 96 heavy (non-hydrogen) atoms. The molecule has 0 saturated carbocycles. The minimum Gasteiger partial charge on any atom is -1.00 e. The van der Waals surface area contributed by atoms with E-state index >= 15 is 9.13 Å². The molecule has 4 heterocycles. The molecule has 4 aliphatic heterocycles. The standard InChI is InChI=1S/C42H30NO2PSi.C30H22ClOPSi.C12H9NO.K.H/c44-46(32-16-4-1-5-17-32)39-26-14-15-27-41(39)47(33-18-6-2-7-19-33,34-20-8-3-9-21-34)42-30-31(28-29-40(42)46)43-35-22-10-12-24-37(35)45-38-25-13-11-23-36(38)43;31-23-20-21-28-30(22-23)34(25-14-6-2-7-15-25,26-16-8-3-9-17-26)29-19-11-10-18-27(29)33(28,32)24-12-4-1-5-13-24;1-3-7-11-9(5-1)13-10-6-2-4-8-12(10)14-11;;/h1-30H;1-22H;1-8,13H;;/q;;;+1;-1. The number of nitrogens with one attached hydrogen (secondary N) is 1. The van der Waals surface area contributed by atoms with Gasteiger partial charge in [-0.05, 0) is 126 Å². The Kier molecular flexibility index (Phi) is 17.5. The first-order valence-corrected chi connectivity index (χ1v) is 39.6. The molecule has 4 aliphatic rings. The van der Waals surface area contributed by atoms with Crippen LogP contribution in [-0.4, -0.2) is 16.1 Å². The predicted octanol–water partition coefficient (Wildman–Crippen LogP) is 10.9. The second-order valence-electron chi connectivity index (χ2n) is 23.8. The van der Waals surface area contributed by atoms with Crippen molar-refractivity contribution in [2.24, 2.45) is 0 Å². The average Bonchev–Trinajstić information content (AvgIpc) is 0.689. The molecule has 14 aromatic carbocycles. The summed E-state index contributed by atoms with van der Waals surface area (Å²) in [7, 11) is -12.2. The molecule has 1 N–H and O–H groups in total. The summed E-state index contributed by atoms with van der Waals surface area (Å²) in [6.07, 6.45) is 0. The normalized spacial score (nSPS) is 16.4. The van der Waals surface area contributed by atoms with Gasteiger partial charge in [0.1, 0.15) is 0 Å². The summed E-state index contributed by atoms with van der Waals surface area (Å²) in [4.78, 5) is 2.29. The van der Waals surface area contributed by atoms with Gasteiger partial charge >= 0.3 is 51.4 Å². The molecular weight excluding hydrogens is 1290 g/mol. The van der Waals surface area contributed by atoms with Gasteiger partial charge in [0.25, 0.3) is 0 Å². The zero-order valence-corrected chi connectivity index (χ0v) is 60.2. The average molecular weight is 1360 g/mol. The monoisotopic (exact) mass is 1350 g/mol. The minimum atomic E-state index is -3.27. The van der Waals surface area contributed by atoms with Crippen LogP contribution in [0.15, 0.2) is 364 Å². The number of nitrogens with zero attached hydrogens (tertiary/aromatic N) is 1. The number of hydrogen-bond acceptors (Lipinski definition) is 6.